The smallest absolute Gasteiger partial charge is 0.0954 e. The van der Waals surface area contributed by atoms with Gasteiger partial charge in [0, 0.05) is 17.5 Å². The van der Waals surface area contributed by atoms with Crippen LogP contribution in [0.2, 0.25) is 0 Å². The second-order valence-electron chi connectivity index (χ2n) is 6.16. The van der Waals surface area contributed by atoms with Gasteiger partial charge in [-0.25, -0.2) is 4.98 Å². The third-order valence-electron chi connectivity index (χ3n) is 3.98. The van der Waals surface area contributed by atoms with E-state index in [0.29, 0.717) is 11.3 Å². The molecule has 0 amide bonds. The van der Waals surface area contributed by atoms with E-state index in [-0.39, 0.29) is 6.10 Å². The molecule has 1 heterocycles. The number of hydrogen-bond donors (Lipinski definition) is 1. The summed E-state index contributed by atoms with van der Waals surface area (Å²) in [5.41, 5.74) is 1.55. The number of thiazole rings is 1. The van der Waals surface area contributed by atoms with Crippen molar-refractivity contribution in [1.82, 2.24) is 4.98 Å². The van der Waals surface area contributed by atoms with Crippen molar-refractivity contribution >= 4 is 11.3 Å². The first-order chi connectivity index (χ1) is 7.96. The standard InChI is InChI=1S/C14H23NOS/c1-10-9-17-13(15-10)8-12(16)11-4-6-14(2,3)7-5-11/h9,11-12,16H,4-8H2,1-3H3. The lowest BCUT2D eigenvalue weighted by atomic mass is 9.71. The van der Waals surface area contributed by atoms with Crippen molar-refractivity contribution in [3.05, 3.63) is 16.1 Å². The Morgan fingerprint density at radius 1 is 1.47 bits per heavy atom. The Morgan fingerprint density at radius 2 is 2.12 bits per heavy atom. The van der Waals surface area contributed by atoms with Crippen LogP contribution in [0.15, 0.2) is 5.38 Å². The van der Waals surface area contributed by atoms with Crippen LogP contribution >= 0.6 is 11.3 Å². The minimum Gasteiger partial charge on any atom is -0.392 e. The monoisotopic (exact) mass is 253 g/mol. The van der Waals surface area contributed by atoms with E-state index in [1.807, 2.05) is 6.92 Å². The van der Waals surface area contributed by atoms with E-state index >= 15 is 0 Å². The Bertz CT molecular complexity index is 362. The van der Waals surface area contributed by atoms with E-state index in [2.05, 4.69) is 24.2 Å². The number of rotatable bonds is 3. The van der Waals surface area contributed by atoms with Crippen LogP contribution in [0.4, 0.5) is 0 Å². The molecule has 0 aliphatic heterocycles. The molecule has 1 saturated carbocycles. The first-order valence-electron chi connectivity index (χ1n) is 6.55. The van der Waals surface area contributed by atoms with Crippen molar-refractivity contribution in [1.29, 1.82) is 0 Å². The number of hydrogen-bond acceptors (Lipinski definition) is 3. The van der Waals surface area contributed by atoms with Crippen LogP contribution in [0, 0.1) is 18.3 Å². The van der Waals surface area contributed by atoms with E-state index < -0.39 is 0 Å². The third kappa shape index (κ3) is 3.52. The van der Waals surface area contributed by atoms with Gasteiger partial charge in [-0.2, -0.15) is 0 Å². The topological polar surface area (TPSA) is 33.1 Å². The van der Waals surface area contributed by atoms with Crippen LogP contribution < -0.4 is 0 Å². The summed E-state index contributed by atoms with van der Waals surface area (Å²) >= 11 is 1.67. The zero-order chi connectivity index (χ0) is 12.5. The van der Waals surface area contributed by atoms with E-state index in [1.54, 1.807) is 11.3 Å². The molecule has 2 rings (SSSR count). The van der Waals surface area contributed by atoms with Gasteiger partial charge in [-0.15, -0.1) is 11.3 Å². The summed E-state index contributed by atoms with van der Waals surface area (Å²) in [4.78, 5) is 4.43. The summed E-state index contributed by atoms with van der Waals surface area (Å²) in [5.74, 6) is 0.479. The summed E-state index contributed by atoms with van der Waals surface area (Å²) in [5, 5.41) is 13.4. The lowest BCUT2D eigenvalue weighted by Gasteiger charge is -2.36. The van der Waals surface area contributed by atoms with Gasteiger partial charge in [0.2, 0.25) is 0 Å². The molecule has 17 heavy (non-hydrogen) atoms. The Balaban J connectivity index is 1.87. The number of aromatic nitrogens is 1. The number of aliphatic hydroxyl groups is 1. The molecule has 1 aromatic rings. The molecule has 1 aliphatic carbocycles. The normalized spacial score (nSPS) is 22.6. The molecule has 0 spiro atoms. The first kappa shape index (κ1) is 13.0. The Labute approximate surface area is 108 Å². The van der Waals surface area contributed by atoms with Crippen LogP contribution in [0.25, 0.3) is 0 Å². The maximum absolute atomic E-state index is 10.3. The molecule has 0 saturated heterocycles. The highest BCUT2D eigenvalue weighted by Gasteiger charge is 2.30. The minimum atomic E-state index is -0.198. The van der Waals surface area contributed by atoms with Gasteiger partial charge in [-0.1, -0.05) is 13.8 Å². The van der Waals surface area contributed by atoms with Crippen LogP contribution in [-0.2, 0) is 6.42 Å². The van der Waals surface area contributed by atoms with Gasteiger partial charge in [-0.05, 0) is 43.9 Å². The molecule has 0 aromatic carbocycles. The SMILES string of the molecule is Cc1csc(CC(O)C2CCC(C)(C)CC2)n1. The summed E-state index contributed by atoms with van der Waals surface area (Å²) < 4.78 is 0. The molecular formula is C14H23NOS. The summed E-state index contributed by atoms with van der Waals surface area (Å²) in [6.07, 6.45) is 5.36. The molecule has 1 aliphatic rings. The van der Waals surface area contributed by atoms with Gasteiger partial charge in [0.05, 0.1) is 11.1 Å². The van der Waals surface area contributed by atoms with Crippen LogP contribution in [0.1, 0.15) is 50.2 Å². The second-order valence-corrected chi connectivity index (χ2v) is 7.10. The quantitative estimate of drug-likeness (QED) is 0.893. The maximum atomic E-state index is 10.3. The molecule has 1 unspecified atom stereocenters. The third-order valence-corrected chi connectivity index (χ3v) is 4.97. The van der Waals surface area contributed by atoms with Crippen LogP contribution in [0.5, 0.6) is 0 Å². The molecule has 1 fully saturated rings. The average molecular weight is 253 g/mol. The second kappa shape index (κ2) is 5.07. The predicted octanol–water partition coefficient (Wildman–Crippen LogP) is 3.57. The van der Waals surface area contributed by atoms with E-state index in [4.69, 9.17) is 0 Å². The highest BCUT2D eigenvalue weighted by Crippen LogP contribution is 2.39. The molecule has 3 heteroatoms. The van der Waals surface area contributed by atoms with Crippen LogP contribution in [0.3, 0.4) is 0 Å². The molecule has 0 radical (unpaired) electrons. The Hall–Kier alpha value is -0.410. The van der Waals surface area contributed by atoms with Crippen molar-refractivity contribution in [2.24, 2.45) is 11.3 Å². The fourth-order valence-corrected chi connectivity index (χ4v) is 3.47. The molecule has 96 valence electrons. The van der Waals surface area contributed by atoms with E-state index in [1.165, 1.54) is 25.7 Å². The fourth-order valence-electron chi connectivity index (χ4n) is 2.65. The highest BCUT2D eigenvalue weighted by molar-refractivity contribution is 7.09. The maximum Gasteiger partial charge on any atom is 0.0954 e. The zero-order valence-electron chi connectivity index (χ0n) is 11.1. The van der Waals surface area contributed by atoms with Gasteiger partial charge in [0.25, 0.3) is 0 Å². The number of aryl methyl sites for hydroxylation is 1. The zero-order valence-corrected chi connectivity index (χ0v) is 11.9. The largest absolute Gasteiger partial charge is 0.392 e. The highest BCUT2D eigenvalue weighted by atomic mass is 32.1. The molecule has 0 bridgehead atoms. The van der Waals surface area contributed by atoms with Gasteiger partial charge in [0.15, 0.2) is 0 Å². The van der Waals surface area contributed by atoms with Gasteiger partial charge < -0.3 is 5.11 Å². The van der Waals surface area contributed by atoms with Crippen molar-refractivity contribution in [2.45, 2.75) is 59.0 Å². The van der Waals surface area contributed by atoms with Crippen molar-refractivity contribution < 1.29 is 5.11 Å². The molecule has 2 nitrogen and oxygen atoms in total. The fraction of sp³-hybridized carbons (Fsp3) is 0.786. The minimum absolute atomic E-state index is 0.198. The molecule has 1 N–H and O–H groups in total. The van der Waals surface area contributed by atoms with Crippen molar-refractivity contribution in [3.8, 4) is 0 Å². The number of nitrogens with zero attached hydrogens (tertiary/aromatic N) is 1. The summed E-state index contributed by atoms with van der Waals surface area (Å²) in [6.45, 7) is 6.68. The molecule has 1 aromatic heterocycles. The molecule has 1 atom stereocenters. The lowest BCUT2D eigenvalue weighted by Crippen LogP contribution is -2.30. The number of aliphatic hydroxyl groups excluding tert-OH is 1. The van der Waals surface area contributed by atoms with Gasteiger partial charge >= 0.3 is 0 Å². The predicted molar refractivity (Wildman–Crippen MR) is 72.3 cm³/mol. The Morgan fingerprint density at radius 3 is 2.65 bits per heavy atom. The van der Waals surface area contributed by atoms with Crippen molar-refractivity contribution in [2.75, 3.05) is 0 Å². The van der Waals surface area contributed by atoms with Gasteiger partial charge in [-0.3, -0.25) is 0 Å². The lowest BCUT2D eigenvalue weighted by molar-refractivity contribution is 0.0576. The van der Waals surface area contributed by atoms with Crippen molar-refractivity contribution in [3.63, 3.8) is 0 Å². The Kier molecular flexibility index (Phi) is 3.88. The first-order valence-corrected chi connectivity index (χ1v) is 7.43. The average Bonchev–Trinajstić information content (AvgIpc) is 2.63. The summed E-state index contributed by atoms with van der Waals surface area (Å²) in [6, 6.07) is 0. The van der Waals surface area contributed by atoms with Gasteiger partial charge in [0.1, 0.15) is 0 Å². The van der Waals surface area contributed by atoms with E-state index in [0.717, 1.165) is 17.1 Å². The van der Waals surface area contributed by atoms with Crippen LogP contribution in [-0.4, -0.2) is 16.2 Å². The van der Waals surface area contributed by atoms with E-state index in [9.17, 15) is 5.11 Å². The molecular weight excluding hydrogens is 230 g/mol. The summed E-state index contributed by atoms with van der Waals surface area (Å²) in [7, 11) is 0.